The molecular formula is C16H27FN2. The van der Waals surface area contributed by atoms with Gasteiger partial charge in [-0.05, 0) is 30.5 Å². The van der Waals surface area contributed by atoms with E-state index < -0.39 is 0 Å². The van der Waals surface area contributed by atoms with Crippen LogP contribution in [0.15, 0.2) is 24.3 Å². The number of likely N-dealkylation sites (N-methyl/N-ethyl adjacent to an activating group) is 1. The molecule has 0 aliphatic rings. The van der Waals surface area contributed by atoms with Gasteiger partial charge in [-0.1, -0.05) is 39.8 Å². The summed E-state index contributed by atoms with van der Waals surface area (Å²) in [5, 5.41) is 3.57. The summed E-state index contributed by atoms with van der Waals surface area (Å²) in [5.74, 6) is -0.159. The van der Waals surface area contributed by atoms with Crippen LogP contribution < -0.4 is 10.2 Å². The Morgan fingerprint density at radius 1 is 1.26 bits per heavy atom. The third-order valence-corrected chi connectivity index (χ3v) is 3.41. The molecule has 1 atom stereocenters. The summed E-state index contributed by atoms with van der Waals surface area (Å²) < 4.78 is 13.8. The van der Waals surface area contributed by atoms with Crippen LogP contribution in [0.2, 0.25) is 0 Å². The van der Waals surface area contributed by atoms with Crippen molar-refractivity contribution in [2.24, 2.45) is 5.41 Å². The third kappa shape index (κ3) is 4.83. The predicted molar refractivity (Wildman–Crippen MR) is 81.2 cm³/mol. The number of hydrogen-bond acceptors (Lipinski definition) is 2. The van der Waals surface area contributed by atoms with E-state index in [4.69, 9.17) is 0 Å². The summed E-state index contributed by atoms with van der Waals surface area (Å²) in [6.07, 6.45) is 1.11. The fraction of sp³-hybridized carbons (Fsp3) is 0.625. The zero-order chi connectivity index (χ0) is 14.5. The Hall–Kier alpha value is -1.09. The molecule has 1 unspecified atom stereocenters. The van der Waals surface area contributed by atoms with Crippen molar-refractivity contribution in [2.45, 2.75) is 40.2 Å². The van der Waals surface area contributed by atoms with E-state index in [-0.39, 0.29) is 11.2 Å². The highest BCUT2D eigenvalue weighted by atomic mass is 19.1. The fourth-order valence-electron chi connectivity index (χ4n) is 2.10. The summed E-state index contributed by atoms with van der Waals surface area (Å²) in [6, 6.07) is 7.27. The van der Waals surface area contributed by atoms with Gasteiger partial charge >= 0.3 is 0 Å². The molecule has 0 amide bonds. The molecule has 1 aromatic rings. The van der Waals surface area contributed by atoms with E-state index in [0.29, 0.717) is 11.7 Å². The topological polar surface area (TPSA) is 15.3 Å². The Balaban J connectivity index is 2.76. The van der Waals surface area contributed by atoms with Crippen molar-refractivity contribution < 1.29 is 4.39 Å². The van der Waals surface area contributed by atoms with Crippen LogP contribution in [-0.4, -0.2) is 26.2 Å². The van der Waals surface area contributed by atoms with Gasteiger partial charge in [0.05, 0.1) is 5.69 Å². The van der Waals surface area contributed by atoms with Crippen LogP contribution in [0, 0.1) is 11.2 Å². The maximum atomic E-state index is 13.8. The fourth-order valence-corrected chi connectivity index (χ4v) is 2.10. The molecule has 0 heterocycles. The third-order valence-electron chi connectivity index (χ3n) is 3.41. The van der Waals surface area contributed by atoms with E-state index in [1.54, 1.807) is 6.07 Å². The van der Waals surface area contributed by atoms with Crippen LogP contribution in [0.3, 0.4) is 0 Å². The summed E-state index contributed by atoms with van der Waals surface area (Å²) in [5.41, 5.74) is 0.810. The SMILES string of the molecule is CCCNC(CN(C)c1ccccc1F)C(C)(C)C. The van der Waals surface area contributed by atoms with Crippen LogP contribution in [0.25, 0.3) is 0 Å². The Morgan fingerprint density at radius 2 is 1.89 bits per heavy atom. The first kappa shape index (κ1) is 16.0. The van der Waals surface area contributed by atoms with Gasteiger partial charge in [0.25, 0.3) is 0 Å². The maximum Gasteiger partial charge on any atom is 0.146 e. The summed E-state index contributed by atoms with van der Waals surface area (Å²) in [6.45, 7) is 10.6. The number of nitrogens with one attached hydrogen (secondary N) is 1. The number of halogens is 1. The minimum absolute atomic E-state index is 0.148. The number of benzene rings is 1. The van der Waals surface area contributed by atoms with Crippen LogP contribution in [0.5, 0.6) is 0 Å². The lowest BCUT2D eigenvalue weighted by molar-refractivity contribution is 0.272. The van der Waals surface area contributed by atoms with Gasteiger partial charge in [0.2, 0.25) is 0 Å². The quantitative estimate of drug-likeness (QED) is 0.845. The smallest absolute Gasteiger partial charge is 0.146 e. The van der Waals surface area contributed by atoms with Crippen molar-refractivity contribution in [1.82, 2.24) is 5.32 Å². The van der Waals surface area contributed by atoms with Crippen molar-refractivity contribution in [1.29, 1.82) is 0 Å². The molecule has 0 aliphatic heterocycles. The molecule has 0 fully saturated rings. The van der Waals surface area contributed by atoms with Crippen LogP contribution in [0.4, 0.5) is 10.1 Å². The zero-order valence-corrected chi connectivity index (χ0v) is 12.8. The van der Waals surface area contributed by atoms with Crippen molar-refractivity contribution >= 4 is 5.69 Å². The van der Waals surface area contributed by atoms with Gasteiger partial charge in [0.15, 0.2) is 0 Å². The molecule has 0 aliphatic carbocycles. The van der Waals surface area contributed by atoms with E-state index >= 15 is 0 Å². The van der Waals surface area contributed by atoms with Gasteiger partial charge in [-0.2, -0.15) is 0 Å². The Kier molecular flexibility index (Phi) is 5.80. The molecule has 0 aromatic heterocycles. The van der Waals surface area contributed by atoms with E-state index in [0.717, 1.165) is 19.5 Å². The normalized spacial score (nSPS) is 13.4. The van der Waals surface area contributed by atoms with Crippen LogP contribution >= 0.6 is 0 Å². The molecule has 2 nitrogen and oxygen atoms in total. The highest BCUT2D eigenvalue weighted by Gasteiger charge is 2.25. The lowest BCUT2D eigenvalue weighted by Gasteiger charge is -2.35. The molecule has 0 spiro atoms. The minimum Gasteiger partial charge on any atom is -0.371 e. The minimum atomic E-state index is -0.159. The lowest BCUT2D eigenvalue weighted by atomic mass is 9.86. The Bertz CT molecular complexity index is 385. The van der Waals surface area contributed by atoms with E-state index in [1.165, 1.54) is 6.07 Å². The second kappa shape index (κ2) is 6.90. The first-order valence-corrected chi connectivity index (χ1v) is 7.05. The average Bonchev–Trinajstić information content (AvgIpc) is 2.33. The molecule has 0 saturated heterocycles. The molecule has 1 aromatic carbocycles. The van der Waals surface area contributed by atoms with Crippen LogP contribution in [-0.2, 0) is 0 Å². The van der Waals surface area contributed by atoms with E-state index in [2.05, 4.69) is 33.0 Å². The summed E-state index contributed by atoms with van der Waals surface area (Å²) >= 11 is 0. The molecule has 19 heavy (non-hydrogen) atoms. The molecule has 108 valence electrons. The Labute approximate surface area is 117 Å². The predicted octanol–water partition coefficient (Wildman–Crippen LogP) is 3.68. The van der Waals surface area contributed by atoms with Crippen molar-refractivity contribution in [3.63, 3.8) is 0 Å². The Morgan fingerprint density at radius 3 is 2.42 bits per heavy atom. The van der Waals surface area contributed by atoms with E-state index in [9.17, 15) is 4.39 Å². The van der Waals surface area contributed by atoms with Gasteiger partial charge in [-0.3, -0.25) is 0 Å². The van der Waals surface area contributed by atoms with Crippen molar-refractivity contribution in [3.05, 3.63) is 30.1 Å². The van der Waals surface area contributed by atoms with Gasteiger partial charge in [-0.15, -0.1) is 0 Å². The number of hydrogen-bond donors (Lipinski definition) is 1. The largest absolute Gasteiger partial charge is 0.371 e. The van der Waals surface area contributed by atoms with Gasteiger partial charge in [-0.25, -0.2) is 4.39 Å². The van der Waals surface area contributed by atoms with Crippen molar-refractivity contribution in [2.75, 3.05) is 25.0 Å². The number of nitrogens with zero attached hydrogens (tertiary/aromatic N) is 1. The highest BCUT2D eigenvalue weighted by Crippen LogP contribution is 2.23. The number of para-hydroxylation sites is 1. The van der Waals surface area contributed by atoms with Gasteiger partial charge in [0, 0.05) is 19.6 Å². The number of rotatable bonds is 6. The van der Waals surface area contributed by atoms with Gasteiger partial charge < -0.3 is 10.2 Å². The highest BCUT2D eigenvalue weighted by molar-refractivity contribution is 5.46. The second-order valence-electron chi connectivity index (χ2n) is 6.20. The molecular weight excluding hydrogens is 239 g/mol. The molecule has 0 radical (unpaired) electrons. The molecule has 0 saturated carbocycles. The van der Waals surface area contributed by atoms with Crippen LogP contribution in [0.1, 0.15) is 34.1 Å². The molecule has 1 N–H and O–H groups in total. The maximum absolute atomic E-state index is 13.8. The number of anilines is 1. The molecule has 1 rings (SSSR count). The lowest BCUT2D eigenvalue weighted by Crippen LogP contribution is -2.48. The first-order chi connectivity index (χ1) is 8.86. The van der Waals surface area contributed by atoms with E-state index in [1.807, 2.05) is 24.1 Å². The average molecular weight is 266 g/mol. The second-order valence-corrected chi connectivity index (χ2v) is 6.20. The zero-order valence-electron chi connectivity index (χ0n) is 12.8. The standard InChI is InChI=1S/C16H27FN2/c1-6-11-18-15(16(2,3)4)12-19(5)14-10-8-7-9-13(14)17/h7-10,15,18H,6,11-12H2,1-5H3. The van der Waals surface area contributed by atoms with Gasteiger partial charge in [0.1, 0.15) is 5.82 Å². The molecule has 0 bridgehead atoms. The van der Waals surface area contributed by atoms with Crippen molar-refractivity contribution in [3.8, 4) is 0 Å². The summed E-state index contributed by atoms with van der Waals surface area (Å²) in [4.78, 5) is 1.99. The first-order valence-electron chi connectivity index (χ1n) is 7.05. The molecule has 3 heteroatoms. The monoisotopic (exact) mass is 266 g/mol. The summed E-state index contributed by atoms with van der Waals surface area (Å²) in [7, 11) is 1.95.